The van der Waals surface area contributed by atoms with Crippen LogP contribution in [0.15, 0.2) is 0 Å². The average Bonchev–Trinajstić information content (AvgIpc) is 2.76. The van der Waals surface area contributed by atoms with Gasteiger partial charge in [0.15, 0.2) is 0 Å². The Hall–Kier alpha value is -1.79. The Morgan fingerprint density at radius 2 is 1.76 bits per heavy atom. The van der Waals surface area contributed by atoms with Crippen LogP contribution in [-0.2, 0) is 9.59 Å². The molecule has 7 nitrogen and oxygen atoms in total. The molecule has 1 heterocycles. The highest BCUT2D eigenvalue weighted by Gasteiger charge is 2.25. The number of carboxylic acids is 2. The van der Waals surface area contributed by atoms with Crippen LogP contribution in [0, 0.1) is 0 Å². The molecule has 0 saturated carbocycles. The predicted octanol–water partition coefficient (Wildman–Crippen LogP) is 0.110. The summed E-state index contributed by atoms with van der Waals surface area (Å²) in [5.74, 6) is -2.29. The van der Waals surface area contributed by atoms with E-state index in [4.69, 9.17) is 10.2 Å². The average molecular weight is 244 g/mol. The third kappa shape index (κ3) is 4.29. The highest BCUT2D eigenvalue weighted by atomic mass is 16.4. The second kappa shape index (κ2) is 6.07. The Bertz CT molecular complexity index is 312. The first-order valence-electron chi connectivity index (χ1n) is 5.50. The summed E-state index contributed by atoms with van der Waals surface area (Å²) in [5.41, 5.74) is 0. The van der Waals surface area contributed by atoms with Crippen molar-refractivity contribution in [3.05, 3.63) is 0 Å². The summed E-state index contributed by atoms with van der Waals surface area (Å²) >= 11 is 0. The fourth-order valence-corrected chi connectivity index (χ4v) is 1.69. The Morgan fingerprint density at radius 3 is 2.24 bits per heavy atom. The topological polar surface area (TPSA) is 107 Å². The zero-order chi connectivity index (χ0) is 12.8. The largest absolute Gasteiger partial charge is 0.481 e. The molecule has 96 valence electrons. The van der Waals surface area contributed by atoms with Gasteiger partial charge >= 0.3 is 18.0 Å². The molecule has 1 aliphatic heterocycles. The summed E-state index contributed by atoms with van der Waals surface area (Å²) in [4.78, 5) is 34.3. The van der Waals surface area contributed by atoms with Crippen LogP contribution in [0.1, 0.15) is 25.7 Å². The fraction of sp³-hybridized carbons (Fsp3) is 0.700. The molecule has 2 amide bonds. The zero-order valence-corrected chi connectivity index (χ0v) is 9.39. The van der Waals surface area contributed by atoms with Crippen LogP contribution in [0.2, 0.25) is 0 Å². The normalized spacial score (nSPS) is 16.6. The number of carboxylic acid groups (broad SMARTS) is 2. The Labute approximate surface area is 98.4 Å². The lowest BCUT2D eigenvalue weighted by Crippen LogP contribution is -2.47. The molecule has 3 N–H and O–H groups in total. The van der Waals surface area contributed by atoms with Gasteiger partial charge in [-0.05, 0) is 19.3 Å². The number of urea groups is 1. The van der Waals surface area contributed by atoms with E-state index in [9.17, 15) is 14.4 Å². The van der Waals surface area contributed by atoms with E-state index in [0.717, 1.165) is 12.8 Å². The molecule has 0 aromatic rings. The first-order valence-corrected chi connectivity index (χ1v) is 5.50. The number of carbonyl (C=O) groups is 3. The molecular weight excluding hydrogens is 228 g/mol. The number of nitrogens with zero attached hydrogens (tertiary/aromatic N) is 1. The minimum atomic E-state index is -1.21. The summed E-state index contributed by atoms with van der Waals surface area (Å²) in [6, 6.07) is -1.57. The van der Waals surface area contributed by atoms with E-state index >= 15 is 0 Å². The monoisotopic (exact) mass is 244 g/mol. The predicted molar refractivity (Wildman–Crippen MR) is 57.6 cm³/mol. The molecule has 0 spiro atoms. The lowest BCUT2D eigenvalue weighted by molar-refractivity contribution is -0.140. The summed E-state index contributed by atoms with van der Waals surface area (Å²) < 4.78 is 0. The van der Waals surface area contributed by atoms with Crippen molar-refractivity contribution in [2.24, 2.45) is 0 Å². The van der Waals surface area contributed by atoms with Gasteiger partial charge < -0.3 is 20.4 Å². The van der Waals surface area contributed by atoms with Gasteiger partial charge in [0, 0.05) is 19.5 Å². The number of amides is 2. The molecule has 7 heteroatoms. The molecule has 1 unspecified atom stereocenters. The van der Waals surface area contributed by atoms with E-state index in [2.05, 4.69) is 5.32 Å². The smallest absolute Gasteiger partial charge is 0.326 e. The molecule has 1 aliphatic rings. The van der Waals surface area contributed by atoms with Crippen molar-refractivity contribution in [2.45, 2.75) is 31.7 Å². The molecule has 0 radical (unpaired) electrons. The fourth-order valence-electron chi connectivity index (χ4n) is 1.69. The summed E-state index contributed by atoms with van der Waals surface area (Å²) in [6.45, 7) is 1.24. The highest BCUT2D eigenvalue weighted by Crippen LogP contribution is 2.08. The first-order chi connectivity index (χ1) is 8.00. The number of hydrogen-bond acceptors (Lipinski definition) is 3. The second-order valence-electron chi connectivity index (χ2n) is 3.97. The molecule has 0 aromatic carbocycles. The minimum Gasteiger partial charge on any atom is -0.481 e. The molecule has 0 aromatic heterocycles. The quantitative estimate of drug-likeness (QED) is 0.636. The lowest BCUT2D eigenvalue weighted by atomic mass is 10.1. The maximum Gasteiger partial charge on any atom is 0.326 e. The van der Waals surface area contributed by atoms with E-state index in [1.54, 1.807) is 0 Å². The van der Waals surface area contributed by atoms with E-state index in [0.29, 0.717) is 13.1 Å². The van der Waals surface area contributed by atoms with Crippen LogP contribution in [0.25, 0.3) is 0 Å². The molecule has 1 saturated heterocycles. The van der Waals surface area contributed by atoms with Crippen molar-refractivity contribution >= 4 is 18.0 Å². The number of carbonyl (C=O) groups excluding carboxylic acids is 1. The van der Waals surface area contributed by atoms with E-state index < -0.39 is 24.0 Å². The van der Waals surface area contributed by atoms with Gasteiger partial charge in [-0.2, -0.15) is 0 Å². The van der Waals surface area contributed by atoms with Crippen molar-refractivity contribution in [1.29, 1.82) is 0 Å². The molecule has 1 fully saturated rings. The van der Waals surface area contributed by atoms with Gasteiger partial charge in [-0.25, -0.2) is 9.59 Å². The van der Waals surface area contributed by atoms with Crippen LogP contribution in [0.5, 0.6) is 0 Å². The Balaban J connectivity index is 2.44. The molecular formula is C10H16N2O5. The highest BCUT2D eigenvalue weighted by molar-refractivity contribution is 5.83. The zero-order valence-electron chi connectivity index (χ0n) is 9.39. The van der Waals surface area contributed by atoms with Gasteiger partial charge in [0.2, 0.25) is 0 Å². The minimum absolute atomic E-state index is 0.107. The summed E-state index contributed by atoms with van der Waals surface area (Å²) in [6.07, 6.45) is 1.45. The standard InChI is InChI=1S/C10H16N2O5/c13-8(14)4-3-7(9(15)16)11-10(17)12-5-1-2-6-12/h7H,1-6H2,(H,11,17)(H,13,14)(H,15,16). The maximum absolute atomic E-state index is 11.6. The third-order valence-electron chi connectivity index (χ3n) is 2.64. The molecule has 0 bridgehead atoms. The molecule has 0 aliphatic carbocycles. The van der Waals surface area contributed by atoms with Crippen molar-refractivity contribution in [3.63, 3.8) is 0 Å². The summed E-state index contributed by atoms with van der Waals surface area (Å²) in [5, 5.41) is 19.7. The molecule has 1 atom stereocenters. The van der Waals surface area contributed by atoms with Crippen molar-refractivity contribution in [2.75, 3.05) is 13.1 Å². The van der Waals surface area contributed by atoms with Gasteiger partial charge in [0.25, 0.3) is 0 Å². The number of rotatable bonds is 5. The first kappa shape index (κ1) is 13.3. The van der Waals surface area contributed by atoms with Crippen LogP contribution in [0.3, 0.4) is 0 Å². The van der Waals surface area contributed by atoms with Crippen LogP contribution >= 0.6 is 0 Å². The van der Waals surface area contributed by atoms with Crippen LogP contribution in [0.4, 0.5) is 4.79 Å². The number of aliphatic carboxylic acids is 2. The van der Waals surface area contributed by atoms with Gasteiger partial charge in [-0.3, -0.25) is 4.79 Å². The van der Waals surface area contributed by atoms with Crippen molar-refractivity contribution in [1.82, 2.24) is 10.2 Å². The van der Waals surface area contributed by atoms with Crippen molar-refractivity contribution in [3.8, 4) is 0 Å². The summed E-state index contributed by atoms with van der Waals surface area (Å²) in [7, 11) is 0. The van der Waals surface area contributed by atoms with Gasteiger partial charge in [-0.1, -0.05) is 0 Å². The van der Waals surface area contributed by atoms with Gasteiger partial charge in [0.1, 0.15) is 6.04 Å². The molecule has 17 heavy (non-hydrogen) atoms. The third-order valence-corrected chi connectivity index (χ3v) is 2.64. The van der Waals surface area contributed by atoms with Crippen LogP contribution in [-0.4, -0.2) is 52.2 Å². The van der Waals surface area contributed by atoms with E-state index in [1.165, 1.54) is 4.90 Å². The van der Waals surface area contributed by atoms with E-state index in [-0.39, 0.29) is 12.8 Å². The lowest BCUT2D eigenvalue weighted by Gasteiger charge is -2.20. The maximum atomic E-state index is 11.6. The number of likely N-dealkylation sites (tertiary alicyclic amines) is 1. The van der Waals surface area contributed by atoms with Crippen LogP contribution < -0.4 is 5.32 Å². The van der Waals surface area contributed by atoms with E-state index in [1.807, 2.05) is 0 Å². The van der Waals surface area contributed by atoms with Gasteiger partial charge in [0.05, 0.1) is 0 Å². The Morgan fingerprint density at radius 1 is 1.18 bits per heavy atom. The Kier molecular flexibility index (Phi) is 4.74. The molecule has 1 rings (SSSR count). The second-order valence-corrected chi connectivity index (χ2v) is 3.97. The van der Waals surface area contributed by atoms with Crippen molar-refractivity contribution < 1.29 is 24.6 Å². The SMILES string of the molecule is O=C(O)CCC(NC(=O)N1CCCC1)C(=O)O. The van der Waals surface area contributed by atoms with Gasteiger partial charge in [-0.15, -0.1) is 0 Å². The number of nitrogens with one attached hydrogen (secondary N) is 1. The number of hydrogen-bond donors (Lipinski definition) is 3.